The molecule has 0 aliphatic rings. The van der Waals surface area contributed by atoms with Crippen LogP contribution in [0.2, 0.25) is 0 Å². The summed E-state index contributed by atoms with van der Waals surface area (Å²) in [5.41, 5.74) is 0. The molecule has 1 aromatic carbocycles. The second-order valence-electron chi connectivity index (χ2n) is 4.68. The quantitative estimate of drug-likeness (QED) is 0.832. The van der Waals surface area contributed by atoms with E-state index in [9.17, 15) is 4.39 Å². The third kappa shape index (κ3) is 4.75. The number of benzene rings is 1. The number of halogens is 1. The average Bonchev–Trinajstić information content (AvgIpc) is 2.91. The van der Waals surface area contributed by atoms with Crippen LogP contribution in [0.1, 0.15) is 12.7 Å². The molecule has 0 saturated heterocycles. The first-order valence-electron chi connectivity index (χ1n) is 6.46. The summed E-state index contributed by atoms with van der Waals surface area (Å²) in [5, 5.41) is 2.19. The first-order chi connectivity index (χ1) is 9.24. The Labute approximate surface area is 112 Å². The summed E-state index contributed by atoms with van der Waals surface area (Å²) < 4.78 is 23.6. The first-order valence-corrected chi connectivity index (χ1v) is 6.46. The van der Waals surface area contributed by atoms with Gasteiger partial charge in [0.2, 0.25) is 0 Å². The number of hydrogen-bond donors (Lipinski definition) is 1. The fourth-order valence-corrected chi connectivity index (χ4v) is 1.78. The van der Waals surface area contributed by atoms with Gasteiger partial charge in [0.1, 0.15) is 18.1 Å². The van der Waals surface area contributed by atoms with Gasteiger partial charge in [0.05, 0.1) is 19.4 Å². The summed E-state index contributed by atoms with van der Waals surface area (Å²) in [4.78, 5) is 0. The van der Waals surface area contributed by atoms with Gasteiger partial charge in [-0.25, -0.2) is 4.39 Å². The first kappa shape index (κ1) is 13.6. The molecule has 19 heavy (non-hydrogen) atoms. The lowest BCUT2D eigenvalue weighted by atomic mass is 10.2. The van der Waals surface area contributed by atoms with Gasteiger partial charge in [0.25, 0.3) is 0 Å². The summed E-state index contributed by atoms with van der Waals surface area (Å²) in [5.74, 6) is 1.86. The lowest BCUT2D eigenvalue weighted by Gasteiger charge is -2.11. The van der Waals surface area contributed by atoms with E-state index in [0.29, 0.717) is 18.3 Å². The molecule has 0 fully saturated rings. The Morgan fingerprint density at radius 1 is 1.26 bits per heavy atom. The zero-order valence-corrected chi connectivity index (χ0v) is 11.0. The molecule has 0 bridgehead atoms. The predicted octanol–water partition coefficient (Wildman–Crippen LogP) is 2.20. The molecule has 2 N–H and O–H groups in total. The van der Waals surface area contributed by atoms with Crippen molar-refractivity contribution >= 4 is 0 Å². The maximum absolute atomic E-state index is 12.7. The van der Waals surface area contributed by atoms with E-state index < -0.39 is 0 Å². The van der Waals surface area contributed by atoms with Crippen molar-refractivity contribution < 1.29 is 18.9 Å². The minimum absolute atomic E-state index is 0.243. The molecule has 0 saturated carbocycles. The van der Waals surface area contributed by atoms with Crippen molar-refractivity contribution in [3.8, 4) is 5.75 Å². The largest absolute Gasteiger partial charge is 0.493 e. The van der Waals surface area contributed by atoms with Crippen molar-refractivity contribution in [1.82, 2.24) is 0 Å². The van der Waals surface area contributed by atoms with Crippen LogP contribution in [0.25, 0.3) is 0 Å². The summed E-state index contributed by atoms with van der Waals surface area (Å²) >= 11 is 0. The van der Waals surface area contributed by atoms with Crippen LogP contribution in [-0.4, -0.2) is 13.2 Å². The minimum Gasteiger partial charge on any atom is -0.493 e. The Hall–Kier alpha value is -1.81. The lowest BCUT2D eigenvalue weighted by Crippen LogP contribution is -2.84. The van der Waals surface area contributed by atoms with E-state index >= 15 is 0 Å². The summed E-state index contributed by atoms with van der Waals surface area (Å²) in [7, 11) is 0. The van der Waals surface area contributed by atoms with Gasteiger partial charge >= 0.3 is 0 Å². The summed E-state index contributed by atoms with van der Waals surface area (Å²) in [6.45, 7) is 4.55. The molecule has 1 heterocycles. The van der Waals surface area contributed by atoms with Gasteiger partial charge in [0, 0.05) is 5.92 Å². The van der Waals surface area contributed by atoms with Gasteiger partial charge in [0.15, 0.2) is 5.76 Å². The Kier molecular flexibility index (Phi) is 4.98. The number of hydrogen-bond acceptors (Lipinski definition) is 2. The van der Waals surface area contributed by atoms with Crippen molar-refractivity contribution in [2.75, 3.05) is 13.2 Å². The molecule has 102 valence electrons. The third-order valence-corrected chi connectivity index (χ3v) is 2.84. The van der Waals surface area contributed by atoms with Gasteiger partial charge in [-0.3, -0.25) is 0 Å². The molecular weight excluding hydrogens is 245 g/mol. The van der Waals surface area contributed by atoms with E-state index in [1.54, 1.807) is 18.4 Å². The van der Waals surface area contributed by atoms with Crippen molar-refractivity contribution in [2.45, 2.75) is 13.5 Å². The van der Waals surface area contributed by atoms with E-state index in [4.69, 9.17) is 9.15 Å². The van der Waals surface area contributed by atoms with Crippen molar-refractivity contribution in [2.24, 2.45) is 5.92 Å². The number of nitrogens with two attached hydrogens (primary N) is 1. The maximum Gasteiger partial charge on any atom is 0.157 e. The van der Waals surface area contributed by atoms with Crippen molar-refractivity contribution in [3.63, 3.8) is 0 Å². The highest BCUT2D eigenvalue weighted by molar-refractivity contribution is 5.21. The molecule has 1 atom stereocenters. The summed E-state index contributed by atoms with van der Waals surface area (Å²) in [6, 6.07) is 9.97. The molecule has 0 radical (unpaired) electrons. The fourth-order valence-electron chi connectivity index (χ4n) is 1.78. The van der Waals surface area contributed by atoms with Gasteiger partial charge < -0.3 is 14.5 Å². The average molecular weight is 264 g/mol. The van der Waals surface area contributed by atoms with E-state index in [1.807, 2.05) is 12.1 Å². The molecule has 1 aromatic heterocycles. The molecular formula is C15H19FNO2+. The van der Waals surface area contributed by atoms with Crippen molar-refractivity contribution in [1.29, 1.82) is 0 Å². The topological polar surface area (TPSA) is 39.0 Å². The molecule has 3 nitrogen and oxygen atoms in total. The van der Waals surface area contributed by atoms with Gasteiger partial charge in [-0.05, 0) is 36.4 Å². The Balaban J connectivity index is 1.64. The standard InChI is InChI=1S/C15H18FNO2/c1-12(9-17-10-15-3-2-8-18-15)11-19-14-6-4-13(16)5-7-14/h2-8,12,17H,9-11H2,1H3/p+1/t12-/m1/s1. The Morgan fingerprint density at radius 3 is 2.74 bits per heavy atom. The minimum atomic E-state index is -0.243. The molecule has 2 rings (SSSR count). The molecule has 0 amide bonds. The Bertz CT molecular complexity index is 467. The van der Waals surface area contributed by atoms with E-state index in [2.05, 4.69) is 12.2 Å². The fraction of sp³-hybridized carbons (Fsp3) is 0.333. The van der Waals surface area contributed by atoms with Crippen LogP contribution < -0.4 is 10.1 Å². The smallest absolute Gasteiger partial charge is 0.157 e. The summed E-state index contributed by atoms with van der Waals surface area (Å²) in [6.07, 6.45) is 1.68. The molecule has 0 aliphatic carbocycles. The van der Waals surface area contributed by atoms with Crippen LogP contribution in [0.15, 0.2) is 47.1 Å². The Morgan fingerprint density at radius 2 is 2.05 bits per heavy atom. The SMILES string of the molecule is C[C@H](C[NH2+]Cc1ccco1)COc1ccc(F)cc1. The van der Waals surface area contributed by atoms with Crippen LogP contribution in [0.3, 0.4) is 0 Å². The van der Waals surface area contributed by atoms with E-state index in [-0.39, 0.29) is 5.82 Å². The van der Waals surface area contributed by atoms with Crippen LogP contribution >= 0.6 is 0 Å². The molecule has 0 unspecified atom stereocenters. The molecule has 2 aromatic rings. The molecule has 0 aliphatic heterocycles. The van der Waals surface area contributed by atoms with Crippen molar-refractivity contribution in [3.05, 3.63) is 54.2 Å². The van der Waals surface area contributed by atoms with E-state index in [0.717, 1.165) is 18.8 Å². The van der Waals surface area contributed by atoms with E-state index in [1.165, 1.54) is 12.1 Å². The highest BCUT2D eigenvalue weighted by Crippen LogP contribution is 2.11. The van der Waals surface area contributed by atoms with Gasteiger partial charge in [-0.1, -0.05) is 6.92 Å². The molecule has 4 heteroatoms. The second kappa shape index (κ2) is 6.95. The monoisotopic (exact) mass is 264 g/mol. The van der Waals surface area contributed by atoms with Crippen LogP contribution in [0.5, 0.6) is 5.75 Å². The number of rotatable bonds is 7. The lowest BCUT2D eigenvalue weighted by molar-refractivity contribution is -0.677. The zero-order chi connectivity index (χ0) is 13.5. The zero-order valence-electron chi connectivity index (χ0n) is 11.0. The van der Waals surface area contributed by atoms with Gasteiger partial charge in [-0.15, -0.1) is 0 Å². The number of ether oxygens (including phenoxy) is 1. The van der Waals surface area contributed by atoms with Crippen LogP contribution in [-0.2, 0) is 6.54 Å². The normalized spacial score (nSPS) is 12.3. The number of furan rings is 1. The highest BCUT2D eigenvalue weighted by atomic mass is 19.1. The highest BCUT2D eigenvalue weighted by Gasteiger charge is 2.06. The predicted molar refractivity (Wildman–Crippen MR) is 70.3 cm³/mol. The number of quaternary nitrogens is 1. The van der Waals surface area contributed by atoms with Gasteiger partial charge in [-0.2, -0.15) is 0 Å². The van der Waals surface area contributed by atoms with Crippen LogP contribution in [0, 0.1) is 11.7 Å². The molecule has 0 spiro atoms. The third-order valence-electron chi connectivity index (χ3n) is 2.84. The maximum atomic E-state index is 12.7. The van der Waals surface area contributed by atoms with Crippen LogP contribution in [0.4, 0.5) is 4.39 Å². The second-order valence-corrected chi connectivity index (χ2v) is 4.68.